The van der Waals surface area contributed by atoms with Gasteiger partial charge in [0.25, 0.3) is 0 Å². The number of benzene rings is 2. The van der Waals surface area contributed by atoms with E-state index >= 15 is 0 Å². The molecular weight excluding hydrogens is 368 g/mol. The predicted octanol–water partition coefficient (Wildman–Crippen LogP) is 4.53. The number of rotatable bonds is 5. The first-order valence-electron chi connectivity index (χ1n) is 9.54. The summed E-state index contributed by atoms with van der Waals surface area (Å²) in [6, 6.07) is 12.4. The van der Waals surface area contributed by atoms with E-state index in [2.05, 4.69) is 16.7 Å². The summed E-state index contributed by atoms with van der Waals surface area (Å²) < 4.78 is 10.9. The van der Waals surface area contributed by atoms with E-state index < -0.39 is 12.0 Å². The number of hydrogen-bond donors (Lipinski definition) is 2. The van der Waals surface area contributed by atoms with Gasteiger partial charge in [-0.05, 0) is 60.7 Å². The van der Waals surface area contributed by atoms with Crippen molar-refractivity contribution < 1.29 is 19.1 Å². The number of esters is 1. The van der Waals surface area contributed by atoms with Crippen LogP contribution in [-0.4, -0.2) is 19.1 Å². The minimum atomic E-state index is -0.594. The van der Waals surface area contributed by atoms with E-state index in [1.807, 2.05) is 64.1 Å². The first-order chi connectivity index (χ1) is 13.8. The number of carbonyl (C=O) groups is 2. The van der Waals surface area contributed by atoms with E-state index in [4.69, 9.17) is 9.47 Å². The van der Waals surface area contributed by atoms with Crippen molar-refractivity contribution in [1.29, 1.82) is 0 Å². The van der Waals surface area contributed by atoms with E-state index in [0.29, 0.717) is 17.0 Å². The van der Waals surface area contributed by atoms with Gasteiger partial charge in [-0.1, -0.05) is 32.0 Å². The number of aryl methyl sites for hydroxylation is 2. The molecule has 0 saturated heterocycles. The standard InChI is InChI=1S/C23H26N2O4/c1-13(2)20-19(22(26)28-5)21(25-23(27)24-20)16-6-8-17(9-7-16)29-18-11-14(3)10-15(4)12-18/h6-13,21H,1-5H3,(H2,24,25,27). The predicted molar refractivity (Wildman–Crippen MR) is 111 cm³/mol. The Morgan fingerprint density at radius 1 is 1.00 bits per heavy atom. The highest BCUT2D eigenvalue weighted by molar-refractivity contribution is 5.95. The summed E-state index contributed by atoms with van der Waals surface area (Å²) in [6.45, 7) is 7.88. The van der Waals surface area contributed by atoms with Gasteiger partial charge in [-0.15, -0.1) is 0 Å². The van der Waals surface area contributed by atoms with Crippen LogP contribution in [0.2, 0.25) is 0 Å². The van der Waals surface area contributed by atoms with Crippen LogP contribution in [0.5, 0.6) is 11.5 Å². The van der Waals surface area contributed by atoms with E-state index in [-0.39, 0.29) is 11.9 Å². The Morgan fingerprint density at radius 2 is 1.62 bits per heavy atom. The van der Waals surface area contributed by atoms with Crippen molar-refractivity contribution in [2.75, 3.05) is 7.11 Å². The fourth-order valence-electron chi connectivity index (χ4n) is 3.48. The first kappa shape index (κ1) is 20.5. The number of allylic oxidation sites excluding steroid dienone is 1. The largest absolute Gasteiger partial charge is 0.466 e. The normalized spacial score (nSPS) is 16.3. The molecule has 3 rings (SSSR count). The summed E-state index contributed by atoms with van der Waals surface area (Å²) in [4.78, 5) is 24.6. The summed E-state index contributed by atoms with van der Waals surface area (Å²) in [6.07, 6.45) is 0. The smallest absolute Gasteiger partial charge is 0.337 e. The van der Waals surface area contributed by atoms with Gasteiger partial charge in [0.1, 0.15) is 11.5 Å². The highest BCUT2D eigenvalue weighted by atomic mass is 16.5. The highest BCUT2D eigenvalue weighted by Gasteiger charge is 2.34. The van der Waals surface area contributed by atoms with Crippen molar-refractivity contribution in [3.8, 4) is 11.5 Å². The summed E-state index contributed by atoms with van der Waals surface area (Å²) >= 11 is 0. The van der Waals surface area contributed by atoms with Gasteiger partial charge < -0.3 is 20.1 Å². The maximum Gasteiger partial charge on any atom is 0.337 e. The summed E-state index contributed by atoms with van der Waals surface area (Å²) in [5.74, 6) is 0.931. The van der Waals surface area contributed by atoms with Crippen molar-refractivity contribution in [3.63, 3.8) is 0 Å². The fourth-order valence-corrected chi connectivity index (χ4v) is 3.48. The Labute approximate surface area is 170 Å². The van der Waals surface area contributed by atoms with Crippen molar-refractivity contribution in [2.45, 2.75) is 33.7 Å². The number of hydrogen-bond acceptors (Lipinski definition) is 4. The molecule has 1 aliphatic rings. The molecule has 29 heavy (non-hydrogen) atoms. The van der Waals surface area contributed by atoms with E-state index in [1.165, 1.54) is 7.11 Å². The molecule has 2 amide bonds. The number of carbonyl (C=O) groups excluding carboxylic acids is 2. The third-order valence-corrected chi connectivity index (χ3v) is 4.73. The number of urea groups is 1. The number of ether oxygens (including phenoxy) is 2. The van der Waals surface area contributed by atoms with Crippen LogP contribution in [0, 0.1) is 19.8 Å². The molecule has 0 spiro atoms. The van der Waals surface area contributed by atoms with Gasteiger partial charge in [-0.3, -0.25) is 0 Å². The Balaban J connectivity index is 1.91. The van der Waals surface area contributed by atoms with Crippen LogP contribution in [0.4, 0.5) is 4.79 Å². The summed E-state index contributed by atoms with van der Waals surface area (Å²) in [5.41, 5.74) is 4.00. The van der Waals surface area contributed by atoms with Crippen molar-refractivity contribution in [2.24, 2.45) is 5.92 Å². The lowest BCUT2D eigenvalue weighted by Gasteiger charge is -2.30. The van der Waals surface area contributed by atoms with E-state index in [1.54, 1.807) is 0 Å². The third kappa shape index (κ3) is 4.59. The number of methoxy groups -OCH3 is 1. The van der Waals surface area contributed by atoms with Crippen LogP contribution < -0.4 is 15.4 Å². The van der Waals surface area contributed by atoms with Crippen molar-refractivity contribution in [3.05, 3.63) is 70.4 Å². The first-order valence-corrected chi connectivity index (χ1v) is 9.54. The van der Waals surface area contributed by atoms with Gasteiger partial charge >= 0.3 is 12.0 Å². The molecule has 6 nitrogen and oxygen atoms in total. The molecule has 0 bridgehead atoms. The van der Waals surface area contributed by atoms with Crippen LogP contribution >= 0.6 is 0 Å². The fraction of sp³-hybridized carbons (Fsp3) is 0.304. The van der Waals surface area contributed by atoms with Crippen LogP contribution in [0.3, 0.4) is 0 Å². The molecule has 1 heterocycles. The second-order valence-corrected chi connectivity index (χ2v) is 7.50. The van der Waals surface area contributed by atoms with Crippen LogP contribution in [0.1, 0.15) is 36.6 Å². The quantitative estimate of drug-likeness (QED) is 0.731. The SMILES string of the molecule is COC(=O)C1=C(C(C)C)NC(=O)NC1c1ccc(Oc2cc(C)cc(C)c2)cc1. The molecule has 0 fully saturated rings. The maximum absolute atomic E-state index is 12.4. The van der Waals surface area contributed by atoms with Gasteiger partial charge in [0, 0.05) is 5.70 Å². The molecule has 1 aliphatic heterocycles. The summed E-state index contributed by atoms with van der Waals surface area (Å²) in [5, 5.41) is 5.56. The highest BCUT2D eigenvalue weighted by Crippen LogP contribution is 2.32. The van der Waals surface area contributed by atoms with Crippen LogP contribution in [0.25, 0.3) is 0 Å². The van der Waals surface area contributed by atoms with Gasteiger partial charge in [0.05, 0.1) is 18.7 Å². The molecule has 2 aromatic carbocycles. The van der Waals surface area contributed by atoms with E-state index in [0.717, 1.165) is 22.4 Å². The minimum Gasteiger partial charge on any atom is -0.466 e. The average Bonchev–Trinajstić information content (AvgIpc) is 2.66. The Hall–Kier alpha value is -3.28. The lowest BCUT2D eigenvalue weighted by atomic mass is 9.91. The molecule has 2 N–H and O–H groups in total. The Bertz CT molecular complexity index is 941. The molecular formula is C23H26N2O4. The van der Waals surface area contributed by atoms with Crippen molar-refractivity contribution in [1.82, 2.24) is 10.6 Å². The van der Waals surface area contributed by atoms with E-state index in [9.17, 15) is 9.59 Å². The van der Waals surface area contributed by atoms with Gasteiger partial charge in [0.2, 0.25) is 0 Å². The third-order valence-electron chi connectivity index (χ3n) is 4.73. The second-order valence-electron chi connectivity index (χ2n) is 7.50. The number of nitrogens with one attached hydrogen (secondary N) is 2. The molecule has 0 aliphatic carbocycles. The molecule has 152 valence electrons. The topological polar surface area (TPSA) is 76.7 Å². The monoisotopic (exact) mass is 394 g/mol. The zero-order chi connectivity index (χ0) is 21.1. The molecule has 2 aromatic rings. The molecule has 6 heteroatoms. The van der Waals surface area contributed by atoms with Gasteiger partial charge in [-0.2, -0.15) is 0 Å². The molecule has 0 aromatic heterocycles. The van der Waals surface area contributed by atoms with Gasteiger partial charge in [-0.25, -0.2) is 9.59 Å². The van der Waals surface area contributed by atoms with Crippen LogP contribution in [-0.2, 0) is 9.53 Å². The lowest BCUT2D eigenvalue weighted by molar-refractivity contribution is -0.136. The molecule has 0 radical (unpaired) electrons. The second kappa shape index (κ2) is 8.39. The zero-order valence-electron chi connectivity index (χ0n) is 17.3. The Morgan fingerprint density at radius 3 is 2.17 bits per heavy atom. The summed E-state index contributed by atoms with van der Waals surface area (Å²) in [7, 11) is 1.33. The Kier molecular flexibility index (Phi) is 5.92. The van der Waals surface area contributed by atoms with Crippen molar-refractivity contribution >= 4 is 12.0 Å². The molecule has 1 unspecified atom stereocenters. The number of amides is 2. The lowest BCUT2D eigenvalue weighted by Crippen LogP contribution is -2.47. The average molecular weight is 394 g/mol. The molecule has 1 atom stereocenters. The molecule has 0 saturated carbocycles. The van der Waals surface area contributed by atoms with Crippen LogP contribution in [0.15, 0.2) is 53.7 Å². The van der Waals surface area contributed by atoms with Gasteiger partial charge in [0.15, 0.2) is 0 Å². The zero-order valence-corrected chi connectivity index (χ0v) is 17.3. The maximum atomic E-state index is 12.4. The minimum absolute atomic E-state index is 0.0372.